The number of allylic oxidation sites excluding steroid dienone is 1. The predicted molar refractivity (Wildman–Crippen MR) is 82.1 cm³/mol. The molecule has 0 saturated carbocycles. The summed E-state index contributed by atoms with van der Waals surface area (Å²) in [5, 5.41) is 2.79. The molecule has 0 fully saturated rings. The molecule has 1 aliphatic carbocycles. The molecule has 0 heterocycles. The molecule has 1 N–H and O–H groups in total. The number of fused-ring (bicyclic) bond motifs is 1. The molecular weight excluding hydrogens is 266 g/mol. The van der Waals surface area contributed by atoms with E-state index in [1.165, 1.54) is 23.6 Å². The molecule has 1 atom stereocenters. The number of hydrogen-bond acceptors (Lipinski definition) is 3. The van der Waals surface area contributed by atoms with Crippen LogP contribution < -0.4 is 5.32 Å². The number of nitrogens with one attached hydrogen (secondary N) is 1. The SMILES string of the molecule is CC/C=C/C(=O)O[C@H](C)C(=O)Nc1ccc2c(c1)CCC2. The first kappa shape index (κ1) is 15.3. The first-order valence-electron chi connectivity index (χ1n) is 7.40. The molecule has 1 aliphatic rings. The lowest BCUT2D eigenvalue weighted by Gasteiger charge is -2.13. The highest BCUT2D eigenvalue weighted by molar-refractivity contribution is 5.96. The van der Waals surface area contributed by atoms with Gasteiger partial charge in [0, 0.05) is 11.8 Å². The average Bonchev–Trinajstić information content (AvgIpc) is 2.92. The lowest BCUT2D eigenvalue weighted by Crippen LogP contribution is -2.29. The third kappa shape index (κ3) is 4.18. The van der Waals surface area contributed by atoms with Gasteiger partial charge in [0.15, 0.2) is 6.10 Å². The van der Waals surface area contributed by atoms with E-state index in [0.29, 0.717) is 0 Å². The Morgan fingerprint density at radius 1 is 1.33 bits per heavy atom. The van der Waals surface area contributed by atoms with Gasteiger partial charge in [-0.1, -0.05) is 19.1 Å². The van der Waals surface area contributed by atoms with Crippen LogP contribution in [-0.4, -0.2) is 18.0 Å². The van der Waals surface area contributed by atoms with E-state index in [9.17, 15) is 9.59 Å². The van der Waals surface area contributed by atoms with Gasteiger partial charge in [-0.25, -0.2) is 4.79 Å². The number of amides is 1. The van der Waals surface area contributed by atoms with Crippen LogP contribution in [0, 0.1) is 0 Å². The van der Waals surface area contributed by atoms with Crippen LogP contribution in [0.5, 0.6) is 0 Å². The summed E-state index contributed by atoms with van der Waals surface area (Å²) < 4.78 is 5.04. The van der Waals surface area contributed by atoms with Crippen molar-refractivity contribution >= 4 is 17.6 Å². The van der Waals surface area contributed by atoms with Gasteiger partial charge in [0.2, 0.25) is 0 Å². The number of hydrogen-bond donors (Lipinski definition) is 1. The lowest BCUT2D eigenvalue weighted by atomic mass is 10.1. The van der Waals surface area contributed by atoms with Crippen molar-refractivity contribution in [2.75, 3.05) is 5.32 Å². The van der Waals surface area contributed by atoms with Gasteiger partial charge in [-0.2, -0.15) is 0 Å². The minimum atomic E-state index is -0.813. The Labute approximate surface area is 125 Å². The molecular formula is C17H21NO3. The maximum absolute atomic E-state index is 12.0. The molecule has 1 amide bonds. The van der Waals surface area contributed by atoms with Crippen molar-refractivity contribution in [1.82, 2.24) is 0 Å². The maximum Gasteiger partial charge on any atom is 0.331 e. The molecule has 0 bridgehead atoms. The van der Waals surface area contributed by atoms with Crippen molar-refractivity contribution in [1.29, 1.82) is 0 Å². The van der Waals surface area contributed by atoms with Gasteiger partial charge < -0.3 is 10.1 Å². The Morgan fingerprint density at radius 3 is 2.86 bits per heavy atom. The van der Waals surface area contributed by atoms with Gasteiger partial charge in [-0.3, -0.25) is 4.79 Å². The molecule has 1 aromatic carbocycles. The fraction of sp³-hybridized carbons (Fsp3) is 0.412. The highest BCUT2D eigenvalue weighted by Gasteiger charge is 2.17. The van der Waals surface area contributed by atoms with Crippen LogP contribution >= 0.6 is 0 Å². The summed E-state index contributed by atoms with van der Waals surface area (Å²) in [6, 6.07) is 5.96. The minimum Gasteiger partial charge on any atom is -0.449 e. The van der Waals surface area contributed by atoms with E-state index in [-0.39, 0.29) is 5.91 Å². The number of ether oxygens (including phenoxy) is 1. The van der Waals surface area contributed by atoms with E-state index in [2.05, 4.69) is 11.4 Å². The van der Waals surface area contributed by atoms with Crippen LogP contribution in [0.25, 0.3) is 0 Å². The second kappa shape index (κ2) is 7.07. The molecule has 4 heteroatoms. The average molecular weight is 287 g/mol. The normalized spacial score (nSPS) is 14.8. The predicted octanol–water partition coefficient (Wildman–Crippen LogP) is 3.01. The standard InChI is InChI=1S/C17H21NO3/c1-3-4-8-16(19)21-12(2)17(20)18-15-10-9-13-6-5-7-14(13)11-15/h4,8-12H,3,5-7H2,1-2H3,(H,18,20)/b8-4+/t12-/m1/s1. The molecule has 2 rings (SSSR count). The monoisotopic (exact) mass is 287 g/mol. The second-order valence-electron chi connectivity index (χ2n) is 5.22. The molecule has 0 radical (unpaired) electrons. The van der Waals surface area contributed by atoms with Gasteiger partial charge in [0.1, 0.15) is 0 Å². The Kier molecular flexibility index (Phi) is 5.14. The molecule has 0 saturated heterocycles. The number of rotatable bonds is 5. The Morgan fingerprint density at radius 2 is 2.10 bits per heavy atom. The number of carbonyl (C=O) groups excluding carboxylic acids is 2. The number of esters is 1. The highest BCUT2D eigenvalue weighted by Crippen LogP contribution is 2.24. The molecule has 0 unspecified atom stereocenters. The lowest BCUT2D eigenvalue weighted by molar-refractivity contribution is -0.148. The van der Waals surface area contributed by atoms with Crippen molar-refractivity contribution < 1.29 is 14.3 Å². The third-order valence-corrected chi connectivity index (χ3v) is 3.52. The van der Waals surface area contributed by atoms with Gasteiger partial charge in [0.05, 0.1) is 0 Å². The number of carbonyl (C=O) groups is 2. The Hall–Kier alpha value is -2.10. The highest BCUT2D eigenvalue weighted by atomic mass is 16.5. The Bertz CT molecular complexity index is 563. The van der Waals surface area contributed by atoms with Gasteiger partial charge in [-0.05, 0) is 55.9 Å². The van der Waals surface area contributed by atoms with Crippen LogP contribution in [0.3, 0.4) is 0 Å². The van der Waals surface area contributed by atoms with Gasteiger partial charge in [0.25, 0.3) is 5.91 Å². The first-order valence-corrected chi connectivity index (χ1v) is 7.40. The van der Waals surface area contributed by atoms with Gasteiger partial charge in [-0.15, -0.1) is 0 Å². The molecule has 0 spiro atoms. The number of benzene rings is 1. The zero-order chi connectivity index (χ0) is 15.2. The summed E-state index contributed by atoms with van der Waals surface area (Å²) in [4.78, 5) is 23.4. The summed E-state index contributed by atoms with van der Waals surface area (Å²) in [5.41, 5.74) is 3.41. The fourth-order valence-electron chi connectivity index (χ4n) is 2.37. The zero-order valence-corrected chi connectivity index (χ0v) is 12.5. The van der Waals surface area contributed by atoms with E-state index in [1.807, 2.05) is 19.1 Å². The molecule has 4 nitrogen and oxygen atoms in total. The van der Waals surface area contributed by atoms with Crippen LogP contribution in [0.15, 0.2) is 30.4 Å². The number of anilines is 1. The van der Waals surface area contributed by atoms with E-state index in [4.69, 9.17) is 4.74 Å². The maximum atomic E-state index is 12.0. The van der Waals surface area contributed by atoms with Crippen molar-refractivity contribution in [2.45, 2.75) is 45.6 Å². The zero-order valence-electron chi connectivity index (χ0n) is 12.5. The van der Waals surface area contributed by atoms with Gasteiger partial charge >= 0.3 is 5.97 Å². The van der Waals surface area contributed by atoms with Crippen LogP contribution in [0.4, 0.5) is 5.69 Å². The molecule has 1 aromatic rings. The van der Waals surface area contributed by atoms with Crippen molar-refractivity contribution in [3.05, 3.63) is 41.5 Å². The smallest absolute Gasteiger partial charge is 0.331 e. The Balaban J connectivity index is 1.91. The molecule has 0 aromatic heterocycles. The van der Waals surface area contributed by atoms with E-state index in [1.54, 1.807) is 13.0 Å². The quantitative estimate of drug-likeness (QED) is 0.669. The third-order valence-electron chi connectivity index (χ3n) is 3.52. The fourth-order valence-corrected chi connectivity index (χ4v) is 2.37. The van der Waals surface area contributed by atoms with E-state index in [0.717, 1.165) is 24.9 Å². The number of aryl methyl sites for hydroxylation is 2. The minimum absolute atomic E-state index is 0.314. The topological polar surface area (TPSA) is 55.4 Å². The first-order chi connectivity index (χ1) is 10.1. The van der Waals surface area contributed by atoms with E-state index >= 15 is 0 Å². The second-order valence-corrected chi connectivity index (χ2v) is 5.22. The van der Waals surface area contributed by atoms with Crippen LogP contribution in [0.2, 0.25) is 0 Å². The summed E-state index contributed by atoms with van der Waals surface area (Å²) in [7, 11) is 0. The summed E-state index contributed by atoms with van der Waals surface area (Å²) in [6.45, 7) is 3.49. The van der Waals surface area contributed by atoms with Crippen molar-refractivity contribution in [2.24, 2.45) is 0 Å². The summed E-state index contributed by atoms with van der Waals surface area (Å²) >= 11 is 0. The van der Waals surface area contributed by atoms with Crippen molar-refractivity contribution in [3.63, 3.8) is 0 Å². The van der Waals surface area contributed by atoms with Crippen molar-refractivity contribution in [3.8, 4) is 0 Å². The van der Waals surface area contributed by atoms with Crippen LogP contribution in [0.1, 0.15) is 37.8 Å². The molecule has 112 valence electrons. The van der Waals surface area contributed by atoms with E-state index < -0.39 is 12.1 Å². The van der Waals surface area contributed by atoms with Crippen LogP contribution in [-0.2, 0) is 27.2 Å². The largest absolute Gasteiger partial charge is 0.449 e. The summed E-state index contributed by atoms with van der Waals surface area (Å²) in [6.07, 6.45) is 6.33. The summed E-state index contributed by atoms with van der Waals surface area (Å²) in [5.74, 6) is -0.806. The molecule has 0 aliphatic heterocycles. The molecule has 21 heavy (non-hydrogen) atoms.